The van der Waals surface area contributed by atoms with E-state index in [1.165, 1.54) is 6.07 Å². The van der Waals surface area contributed by atoms with Crippen molar-refractivity contribution in [3.8, 4) is 0 Å². The summed E-state index contributed by atoms with van der Waals surface area (Å²) >= 11 is 0. The van der Waals surface area contributed by atoms with Crippen molar-refractivity contribution in [2.24, 2.45) is 0 Å². The predicted octanol–water partition coefficient (Wildman–Crippen LogP) is 3.60. The second-order valence-electron chi connectivity index (χ2n) is 10.2. The van der Waals surface area contributed by atoms with E-state index < -0.39 is 5.97 Å². The molecular weight excluding hydrogens is 506 g/mol. The van der Waals surface area contributed by atoms with Crippen LogP contribution in [0.25, 0.3) is 11.3 Å². The highest BCUT2D eigenvalue weighted by molar-refractivity contribution is 6.37. The Morgan fingerprint density at radius 3 is 2.33 bits per heavy atom. The molecule has 0 radical (unpaired) electrons. The Labute approximate surface area is 233 Å². The summed E-state index contributed by atoms with van der Waals surface area (Å²) in [6.07, 6.45) is 0. The standard InChI is InChI=1S/C31H33N5O4/c1-20-18-25-26(19-24(20)31(39)40)34-30(38)27(25)28(21-6-4-3-5-7-21)33-23-10-8-22(9-11-23)29(37)32-12-13-36-16-14-35(2)15-17-36/h3-11,18-19,33H,12-17H2,1-2H3,(H,32,37)(H,34,38)(H,39,40)/b28-27-. The molecule has 1 saturated heterocycles. The largest absolute Gasteiger partial charge is 0.478 e. The van der Waals surface area contributed by atoms with Crippen molar-refractivity contribution in [1.82, 2.24) is 15.1 Å². The monoisotopic (exact) mass is 539 g/mol. The Morgan fingerprint density at radius 2 is 1.65 bits per heavy atom. The molecule has 4 N–H and O–H groups in total. The van der Waals surface area contributed by atoms with Gasteiger partial charge in [0.2, 0.25) is 0 Å². The topological polar surface area (TPSA) is 114 Å². The zero-order chi connectivity index (χ0) is 28.2. The van der Waals surface area contributed by atoms with Gasteiger partial charge in [0, 0.05) is 56.1 Å². The summed E-state index contributed by atoms with van der Waals surface area (Å²) in [6, 6.07) is 19.8. The number of hydrogen-bond donors (Lipinski definition) is 4. The number of rotatable bonds is 8. The molecule has 2 amide bonds. The lowest BCUT2D eigenvalue weighted by molar-refractivity contribution is -0.110. The lowest BCUT2D eigenvalue weighted by Crippen LogP contribution is -2.46. The number of nitrogens with zero attached hydrogens (tertiary/aromatic N) is 2. The van der Waals surface area contributed by atoms with E-state index in [0.29, 0.717) is 45.9 Å². The van der Waals surface area contributed by atoms with E-state index in [9.17, 15) is 19.5 Å². The molecule has 0 bridgehead atoms. The number of aromatic carboxylic acids is 1. The molecule has 0 atom stereocenters. The first kappa shape index (κ1) is 27.1. The van der Waals surface area contributed by atoms with Crippen molar-refractivity contribution in [3.63, 3.8) is 0 Å². The van der Waals surface area contributed by atoms with Gasteiger partial charge in [-0.05, 0) is 61.5 Å². The van der Waals surface area contributed by atoms with Gasteiger partial charge in [0.1, 0.15) is 0 Å². The van der Waals surface area contributed by atoms with E-state index >= 15 is 0 Å². The van der Waals surface area contributed by atoms with Crippen LogP contribution >= 0.6 is 0 Å². The molecular formula is C31H33N5O4. The summed E-state index contributed by atoms with van der Waals surface area (Å²) in [7, 11) is 2.12. The van der Waals surface area contributed by atoms with Crippen LogP contribution in [0, 0.1) is 6.92 Å². The van der Waals surface area contributed by atoms with Gasteiger partial charge < -0.3 is 26.0 Å². The number of fused-ring (bicyclic) bond motifs is 1. The number of nitrogens with one attached hydrogen (secondary N) is 3. The molecule has 0 aliphatic carbocycles. The van der Waals surface area contributed by atoms with Crippen LogP contribution in [0.3, 0.4) is 0 Å². The number of piperazine rings is 1. The Hall–Kier alpha value is -4.47. The van der Waals surface area contributed by atoms with Crippen LogP contribution in [0.2, 0.25) is 0 Å². The summed E-state index contributed by atoms with van der Waals surface area (Å²) in [6.45, 7) is 7.23. The summed E-state index contributed by atoms with van der Waals surface area (Å²) in [5.41, 5.74) is 4.88. The maximum Gasteiger partial charge on any atom is 0.336 e. The molecule has 0 unspecified atom stereocenters. The average molecular weight is 540 g/mol. The fraction of sp³-hybridized carbons (Fsp3) is 0.258. The molecule has 0 spiro atoms. The fourth-order valence-electron chi connectivity index (χ4n) is 5.04. The lowest BCUT2D eigenvalue weighted by Gasteiger charge is -2.32. The molecule has 40 heavy (non-hydrogen) atoms. The van der Waals surface area contributed by atoms with E-state index in [1.54, 1.807) is 25.1 Å². The smallest absolute Gasteiger partial charge is 0.336 e. The first-order valence-electron chi connectivity index (χ1n) is 13.4. The van der Waals surface area contributed by atoms with Crippen LogP contribution in [0.5, 0.6) is 0 Å². The molecule has 206 valence electrons. The molecule has 5 rings (SSSR count). The third-order valence-corrected chi connectivity index (χ3v) is 7.38. The molecule has 1 fully saturated rings. The highest BCUT2D eigenvalue weighted by Crippen LogP contribution is 2.39. The van der Waals surface area contributed by atoms with Crippen molar-refractivity contribution >= 4 is 40.4 Å². The third-order valence-electron chi connectivity index (χ3n) is 7.38. The van der Waals surface area contributed by atoms with Gasteiger partial charge >= 0.3 is 5.97 Å². The fourth-order valence-corrected chi connectivity index (χ4v) is 5.04. The maximum absolute atomic E-state index is 13.2. The number of carbonyl (C=O) groups excluding carboxylic acids is 2. The van der Waals surface area contributed by atoms with Crippen LogP contribution in [-0.2, 0) is 4.79 Å². The van der Waals surface area contributed by atoms with Gasteiger partial charge in [-0.3, -0.25) is 14.5 Å². The molecule has 0 saturated carbocycles. The van der Waals surface area contributed by atoms with E-state index in [-0.39, 0.29) is 17.4 Å². The van der Waals surface area contributed by atoms with E-state index in [0.717, 1.165) is 38.3 Å². The molecule has 9 heteroatoms. The van der Waals surface area contributed by atoms with Gasteiger partial charge in [0.25, 0.3) is 11.8 Å². The second-order valence-corrected chi connectivity index (χ2v) is 10.2. The minimum absolute atomic E-state index is 0.129. The highest BCUT2D eigenvalue weighted by atomic mass is 16.4. The Kier molecular flexibility index (Phi) is 7.95. The zero-order valence-corrected chi connectivity index (χ0v) is 22.7. The lowest BCUT2D eigenvalue weighted by atomic mass is 9.96. The normalized spacial score (nSPS) is 16.7. The number of carbonyl (C=O) groups is 3. The van der Waals surface area contributed by atoms with Crippen molar-refractivity contribution in [2.75, 3.05) is 56.9 Å². The SMILES string of the molecule is Cc1cc2c(cc1C(=O)O)NC(=O)/C2=C(\Nc1ccc(C(=O)NCCN2CCN(C)CC2)cc1)c1ccccc1. The van der Waals surface area contributed by atoms with Gasteiger partial charge in [-0.1, -0.05) is 30.3 Å². The van der Waals surface area contributed by atoms with Gasteiger partial charge in [-0.15, -0.1) is 0 Å². The number of hydrogen-bond acceptors (Lipinski definition) is 6. The van der Waals surface area contributed by atoms with Gasteiger partial charge in [-0.25, -0.2) is 4.79 Å². The van der Waals surface area contributed by atoms with Crippen LogP contribution in [0.4, 0.5) is 11.4 Å². The predicted molar refractivity (Wildman–Crippen MR) is 156 cm³/mol. The molecule has 2 aliphatic heterocycles. The quantitative estimate of drug-likeness (QED) is 0.324. The Morgan fingerprint density at radius 1 is 0.950 bits per heavy atom. The van der Waals surface area contributed by atoms with Crippen molar-refractivity contribution in [1.29, 1.82) is 0 Å². The van der Waals surface area contributed by atoms with Gasteiger partial charge in [0.05, 0.1) is 22.5 Å². The highest BCUT2D eigenvalue weighted by Gasteiger charge is 2.30. The number of anilines is 2. The summed E-state index contributed by atoms with van der Waals surface area (Å²) in [5, 5.41) is 18.7. The van der Waals surface area contributed by atoms with Gasteiger partial charge in [-0.2, -0.15) is 0 Å². The minimum atomic E-state index is -1.04. The Bertz CT molecular complexity index is 1460. The first-order valence-corrected chi connectivity index (χ1v) is 13.4. The van der Waals surface area contributed by atoms with E-state index in [1.807, 2.05) is 42.5 Å². The van der Waals surface area contributed by atoms with E-state index in [4.69, 9.17) is 0 Å². The number of carboxylic acids is 1. The third kappa shape index (κ3) is 5.90. The number of carboxylic acid groups (broad SMARTS) is 1. The average Bonchev–Trinajstić information content (AvgIpc) is 3.27. The number of benzene rings is 3. The second kappa shape index (κ2) is 11.7. The molecule has 9 nitrogen and oxygen atoms in total. The first-order chi connectivity index (χ1) is 19.3. The molecule has 3 aromatic rings. The van der Waals surface area contributed by atoms with Gasteiger partial charge in [0.15, 0.2) is 0 Å². The molecule has 2 heterocycles. The number of likely N-dealkylation sites (N-methyl/N-ethyl adjacent to an activating group) is 1. The van der Waals surface area contributed by atoms with Crippen molar-refractivity contribution in [3.05, 3.63) is 94.5 Å². The van der Waals surface area contributed by atoms with E-state index in [2.05, 4.69) is 32.8 Å². The van der Waals surface area contributed by atoms with Crippen molar-refractivity contribution in [2.45, 2.75) is 6.92 Å². The van der Waals surface area contributed by atoms with Crippen LogP contribution in [0.1, 0.15) is 37.4 Å². The zero-order valence-electron chi connectivity index (χ0n) is 22.7. The number of aryl methyl sites for hydroxylation is 1. The molecule has 2 aliphatic rings. The van der Waals surface area contributed by atoms with Crippen molar-refractivity contribution < 1.29 is 19.5 Å². The summed E-state index contributed by atoms with van der Waals surface area (Å²) in [5.74, 6) is -1.49. The summed E-state index contributed by atoms with van der Waals surface area (Å²) in [4.78, 5) is 42.2. The molecule has 3 aromatic carbocycles. The Balaban J connectivity index is 1.36. The maximum atomic E-state index is 13.2. The molecule has 0 aromatic heterocycles. The van der Waals surface area contributed by atoms with Crippen LogP contribution in [-0.4, -0.2) is 79.0 Å². The van der Waals surface area contributed by atoms with Crippen LogP contribution in [0.15, 0.2) is 66.7 Å². The van der Waals surface area contributed by atoms with Crippen LogP contribution < -0.4 is 16.0 Å². The number of amides is 2. The summed E-state index contributed by atoms with van der Waals surface area (Å²) < 4.78 is 0. The minimum Gasteiger partial charge on any atom is -0.478 e.